The molecule has 14 nitrogen and oxygen atoms in total. The number of anilines is 1. The Bertz CT molecular complexity index is 1800. The molecule has 0 spiro atoms. The maximum Gasteiger partial charge on any atom is 0.490 e. The van der Waals surface area contributed by atoms with Gasteiger partial charge in [-0.2, -0.15) is 49.8 Å². The third kappa shape index (κ3) is 16.9. The second-order valence-electron chi connectivity index (χ2n) is 11.1. The molecular formula is C33H31F9N6O8S. The molecule has 2 aromatic carbocycles. The Hall–Kier alpha value is -5.64. The number of halogens is 9. The Morgan fingerprint density at radius 2 is 1.28 bits per heavy atom. The Kier molecular flexibility index (Phi) is 18.0. The van der Waals surface area contributed by atoms with E-state index >= 15 is 0 Å². The van der Waals surface area contributed by atoms with Crippen molar-refractivity contribution in [2.45, 2.75) is 36.6 Å². The highest BCUT2D eigenvalue weighted by Gasteiger charge is 2.39. The summed E-state index contributed by atoms with van der Waals surface area (Å²) in [6, 6.07) is 20.6. The molecule has 2 aliphatic rings. The van der Waals surface area contributed by atoms with Crippen molar-refractivity contribution in [1.29, 1.82) is 5.26 Å². The zero-order chi connectivity index (χ0) is 43.0. The molecule has 0 atom stereocenters. The third-order valence-corrected chi connectivity index (χ3v) is 8.07. The number of thioether (sulfide) groups is 1. The Morgan fingerprint density at radius 3 is 1.75 bits per heavy atom. The first-order valence-corrected chi connectivity index (χ1v) is 16.5. The van der Waals surface area contributed by atoms with Crippen LogP contribution in [0.1, 0.15) is 16.8 Å². The van der Waals surface area contributed by atoms with E-state index in [0.717, 1.165) is 60.4 Å². The van der Waals surface area contributed by atoms with Gasteiger partial charge in [-0.1, -0.05) is 48.2 Å². The maximum absolute atomic E-state index is 10.6. The second kappa shape index (κ2) is 21.6. The molecule has 310 valence electrons. The van der Waals surface area contributed by atoms with Crippen LogP contribution in [-0.2, 0) is 27.5 Å². The van der Waals surface area contributed by atoms with Crippen molar-refractivity contribution >= 4 is 40.9 Å². The van der Waals surface area contributed by atoms with Gasteiger partial charge >= 0.3 is 42.4 Å². The van der Waals surface area contributed by atoms with Crippen LogP contribution in [0.3, 0.4) is 0 Å². The Balaban J connectivity index is 0.000000438. The van der Waals surface area contributed by atoms with Crippen LogP contribution in [0, 0.1) is 11.3 Å². The summed E-state index contributed by atoms with van der Waals surface area (Å²) in [4.78, 5) is 41.2. The number of carboxylic acids is 3. The summed E-state index contributed by atoms with van der Waals surface area (Å²) < 4.78 is 101. The number of para-hydroxylation sites is 1. The van der Waals surface area contributed by atoms with E-state index in [4.69, 9.17) is 39.5 Å². The minimum absolute atomic E-state index is 0.223. The van der Waals surface area contributed by atoms with Gasteiger partial charge in [0.15, 0.2) is 0 Å². The molecule has 0 unspecified atom stereocenters. The number of aliphatic hydroxyl groups is 1. The van der Waals surface area contributed by atoms with E-state index in [0.29, 0.717) is 17.9 Å². The zero-order valence-electron chi connectivity index (χ0n) is 28.9. The van der Waals surface area contributed by atoms with Crippen LogP contribution in [0.5, 0.6) is 6.01 Å². The lowest BCUT2D eigenvalue weighted by atomic mass is 10.1. The summed E-state index contributed by atoms with van der Waals surface area (Å²) in [7, 11) is 0. The number of allylic oxidation sites excluding steroid dienone is 1. The molecule has 5 rings (SSSR count). The molecule has 24 heteroatoms. The minimum Gasteiger partial charge on any atom is -0.475 e. The molecule has 0 saturated carbocycles. The molecule has 0 amide bonds. The van der Waals surface area contributed by atoms with Crippen LogP contribution >= 0.6 is 11.8 Å². The highest BCUT2D eigenvalue weighted by Crippen LogP contribution is 2.43. The van der Waals surface area contributed by atoms with Crippen molar-refractivity contribution < 1.29 is 79.1 Å². The molecule has 1 aromatic heterocycles. The summed E-state index contributed by atoms with van der Waals surface area (Å²) in [6.07, 6.45) is -13.6. The topological polar surface area (TPSA) is 209 Å². The van der Waals surface area contributed by atoms with Gasteiger partial charge in [-0.05, 0) is 29.3 Å². The summed E-state index contributed by atoms with van der Waals surface area (Å²) >= 11 is 1.52. The Labute approximate surface area is 320 Å². The number of rotatable bonds is 8. The highest BCUT2D eigenvalue weighted by molar-refractivity contribution is 8.04. The number of ether oxygens (including phenoxy) is 1. The number of aliphatic hydroxyl groups excluding tert-OH is 1. The number of aromatic nitrogens is 2. The lowest BCUT2D eigenvalue weighted by Gasteiger charge is -2.34. The number of alkyl halides is 9. The first kappa shape index (κ1) is 47.5. The van der Waals surface area contributed by atoms with Gasteiger partial charge in [0.05, 0.1) is 23.0 Å². The number of aliphatic carboxylic acids is 3. The van der Waals surface area contributed by atoms with Gasteiger partial charge in [-0.3, -0.25) is 9.80 Å². The first-order chi connectivity index (χ1) is 26.5. The monoisotopic (exact) mass is 842 g/mol. The summed E-state index contributed by atoms with van der Waals surface area (Å²) in [5.41, 5.74) is 4.27. The number of β-amino-alcohol motifs (C(OH)–C–C–N with tert-alkyl or cyclic N) is 1. The average Bonchev–Trinajstić information content (AvgIpc) is 3.56. The van der Waals surface area contributed by atoms with E-state index in [2.05, 4.69) is 55.4 Å². The molecule has 0 radical (unpaired) electrons. The van der Waals surface area contributed by atoms with E-state index in [1.54, 1.807) is 12.3 Å². The fourth-order valence-electron chi connectivity index (χ4n) is 4.26. The van der Waals surface area contributed by atoms with Crippen molar-refractivity contribution in [1.82, 2.24) is 19.8 Å². The SMILES string of the molecule is N#CC(=C1Nc2ccccc2S1)c1ccnc(OCc2ccc(CN3CCN(CCO)CC3)cc2)n1.O=C(O)C(F)(F)F.O=C(O)C(F)(F)F.O=C(O)C(F)(F)F. The number of nitriles is 1. The zero-order valence-corrected chi connectivity index (χ0v) is 29.7. The van der Waals surface area contributed by atoms with E-state index < -0.39 is 36.4 Å². The number of benzene rings is 2. The maximum atomic E-state index is 10.6. The summed E-state index contributed by atoms with van der Waals surface area (Å²) in [5.74, 6) is -8.27. The van der Waals surface area contributed by atoms with Crippen LogP contribution in [0.2, 0.25) is 0 Å². The largest absolute Gasteiger partial charge is 0.490 e. The Morgan fingerprint density at radius 1 is 0.789 bits per heavy atom. The van der Waals surface area contributed by atoms with Gasteiger partial charge in [0.25, 0.3) is 0 Å². The summed E-state index contributed by atoms with van der Waals surface area (Å²) in [5, 5.41) is 44.4. The van der Waals surface area contributed by atoms with Crippen LogP contribution in [0.15, 0.2) is 70.7 Å². The standard InChI is InChI=1S/C27H28N6O2S.3C2HF3O2/c28-17-22(26-30-24-3-1-2-4-25(24)36-26)23-9-10-29-27(31-23)35-19-21-7-5-20(6-8-21)18-33-13-11-32(12-14-33)15-16-34;3*3-2(4,5)1(6)7/h1-10,30,34H,11-16,18-19H2;3*(H,6,7). The molecular weight excluding hydrogens is 811 g/mol. The summed E-state index contributed by atoms with van der Waals surface area (Å²) in [6.45, 7) is 6.27. The number of nitrogens with zero attached hydrogens (tertiary/aromatic N) is 5. The van der Waals surface area contributed by atoms with Crippen molar-refractivity contribution in [3.05, 3.63) is 82.6 Å². The van der Waals surface area contributed by atoms with Gasteiger partial charge < -0.3 is 30.5 Å². The number of hydrogen-bond acceptors (Lipinski definition) is 12. The fourth-order valence-corrected chi connectivity index (χ4v) is 5.27. The van der Waals surface area contributed by atoms with Gasteiger partial charge in [0.1, 0.15) is 18.2 Å². The minimum atomic E-state index is -5.08. The van der Waals surface area contributed by atoms with E-state index in [9.17, 15) is 44.8 Å². The van der Waals surface area contributed by atoms with Crippen LogP contribution in [0.25, 0.3) is 5.57 Å². The molecule has 5 N–H and O–H groups in total. The molecule has 1 saturated heterocycles. The van der Waals surface area contributed by atoms with Gasteiger partial charge in [-0.25, -0.2) is 19.4 Å². The van der Waals surface area contributed by atoms with Gasteiger partial charge in [0, 0.05) is 50.4 Å². The lowest BCUT2D eigenvalue weighted by molar-refractivity contribution is -0.193. The van der Waals surface area contributed by atoms with Crippen LogP contribution in [-0.4, -0.2) is 116 Å². The number of carbonyl (C=O) groups is 3. The second-order valence-corrected chi connectivity index (χ2v) is 12.2. The molecule has 0 bridgehead atoms. The van der Waals surface area contributed by atoms with Gasteiger partial charge in [0.2, 0.25) is 0 Å². The van der Waals surface area contributed by atoms with E-state index in [1.807, 2.05) is 24.3 Å². The third-order valence-electron chi connectivity index (χ3n) is 6.98. The molecule has 57 heavy (non-hydrogen) atoms. The number of hydrogen-bond donors (Lipinski definition) is 5. The van der Waals surface area contributed by atoms with Crippen molar-refractivity contribution in [3.8, 4) is 12.1 Å². The van der Waals surface area contributed by atoms with Crippen molar-refractivity contribution in [2.24, 2.45) is 0 Å². The number of carboxylic acid groups (broad SMARTS) is 3. The van der Waals surface area contributed by atoms with Crippen molar-refractivity contribution in [3.63, 3.8) is 0 Å². The first-order valence-electron chi connectivity index (χ1n) is 15.7. The van der Waals surface area contributed by atoms with Crippen molar-refractivity contribution in [2.75, 3.05) is 44.6 Å². The fraction of sp³-hybridized carbons (Fsp3) is 0.333. The molecule has 2 aliphatic heterocycles. The highest BCUT2D eigenvalue weighted by atomic mass is 32.2. The number of fused-ring (bicyclic) bond motifs is 1. The van der Waals surface area contributed by atoms with Gasteiger partial charge in [-0.15, -0.1) is 0 Å². The quantitative estimate of drug-likeness (QED) is 0.141. The molecule has 3 heterocycles. The predicted octanol–water partition coefficient (Wildman–Crippen LogP) is 5.48. The number of piperazine rings is 1. The number of nitrogens with one attached hydrogen (secondary N) is 1. The van der Waals surface area contributed by atoms with E-state index in [1.165, 1.54) is 17.3 Å². The van der Waals surface area contributed by atoms with Crippen LogP contribution in [0.4, 0.5) is 45.2 Å². The normalized spacial score (nSPS) is 15.0. The predicted molar refractivity (Wildman–Crippen MR) is 181 cm³/mol. The molecule has 3 aromatic rings. The molecule has 1 fully saturated rings. The lowest BCUT2D eigenvalue weighted by Crippen LogP contribution is -2.46. The smallest absolute Gasteiger partial charge is 0.475 e. The van der Waals surface area contributed by atoms with E-state index in [-0.39, 0.29) is 12.6 Å². The van der Waals surface area contributed by atoms with Crippen LogP contribution < -0.4 is 10.1 Å². The molecule has 0 aliphatic carbocycles. The average molecular weight is 843 g/mol.